The largest absolute Gasteiger partial charge is 0.454 e. The van der Waals surface area contributed by atoms with Crippen LogP contribution < -0.4 is 19.7 Å². The van der Waals surface area contributed by atoms with Gasteiger partial charge in [0, 0.05) is 30.4 Å². The van der Waals surface area contributed by atoms with E-state index in [4.69, 9.17) is 9.47 Å². The molecule has 1 fully saturated rings. The molecule has 2 aromatic carbocycles. The van der Waals surface area contributed by atoms with E-state index < -0.39 is 0 Å². The van der Waals surface area contributed by atoms with Crippen molar-refractivity contribution in [3.63, 3.8) is 0 Å². The molecular formula is C19H18N2O4. The van der Waals surface area contributed by atoms with Gasteiger partial charge in [0.1, 0.15) is 0 Å². The summed E-state index contributed by atoms with van der Waals surface area (Å²) >= 11 is 0. The van der Waals surface area contributed by atoms with E-state index in [1.807, 2.05) is 37.3 Å². The SMILES string of the molecule is Cc1cccc(NC(=O)C2CC(=O)N(c3ccc4c(c3)OCO4)C2)c1. The molecule has 1 N–H and O–H groups in total. The first-order valence-electron chi connectivity index (χ1n) is 8.18. The lowest BCUT2D eigenvalue weighted by Gasteiger charge is -2.17. The maximum Gasteiger partial charge on any atom is 0.231 e. The minimum Gasteiger partial charge on any atom is -0.454 e. The highest BCUT2D eigenvalue weighted by atomic mass is 16.7. The van der Waals surface area contributed by atoms with Crippen molar-refractivity contribution in [1.82, 2.24) is 0 Å². The van der Waals surface area contributed by atoms with Crippen LogP contribution in [0, 0.1) is 12.8 Å². The number of hydrogen-bond donors (Lipinski definition) is 1. The van der Waals surface area contributed by atoms with Gasteiger partial charge in [-0.3, -0.25) is 9.59 Å². The summed E-state index contributed by atoms with van der Waals surface area (Å²) in [6.07, 6.45) is 0.200. The summed E-state index contributed by atoms with van der Waals surface area (Å²) < 4.78 is 10.6. The lowest BCUT2D eigenvalue weighted by atomic mass is 10.1. The van der Waals surface area contributed by atoms with Crippen LogP contribution in [0.4, 0.5) is 11.4 Å². The second-order valence-electron chi connectivity index (χ2n) is 6.30. The first kappa shape index (κ1) is 15.5. The number of hydrogen-bond acceptors (Lipinski definition) is 4. The minimum atomic E-state index is -0.376. The number of ether oxygens (including phenoxy) is 2. The van der Waals surface area contributed by atoms with Gasteiger partial charge in [0.05, 0.1) is 5.92 Å². The number of nitrogens with zero attached hydrogens (tertiary/aromatic N) is 1. The van der Waals surface area contributed by atoms with Gasteiger partial charge in [0.15, 0.2) is 11.5 Å². The van der Waals surface area contributed by atoms with Crippen molar-refractivity contribution < 1.29 is 19.1 Å². The summed E-state index contributed by atoms with van der Waals surface area (Å²) in [5.41, 5.74) is 2.54. The molecule has 2 aliphatic rings. The Balaban J connectivity index is 1.47. The Kier molecular flexibility index (Phi) is 3.80. The summed E-state index contributed by atoms with van der Waals surface area (Å²) in [6.45, 7) is 2.51. The van der Waals surface area contributed by atoms with Gasteiger partial charge < -0.3 is 19.7 Å². The van der Waals surface area contributed by atoms with Crippen LogP contribution in [-0.4, -0.2) is 25.2 Å². The van der Waals surface area contributed by atoms with Gasteiger partial charge in [0.25, 0.3) is 0 Å². The zero-order chi connectivity index (χ0) is 17.4. The average Bonchev–Trinajstić information content (AvgIpc) is 3.20. The zero-order valence-electron chi connectivity index (χ0n) is 13.8. The molecule has 0 aliphatic carbocycles. The normalized spacial score (nSPS) is 18.5. The molecule has 128 valence electrons. The highest BCUT2D eigenvalue weighted by Crippen LogP contribution is 2.37. The molecule has 0 aromatic heterocycles. The van der Waals surface area contributed by atoms with E-state index in [1.165, 1.54) is 0 Å². The maximum absolute atomic E-state index is 12.5. The van der Waals surface area contributed by atoms with E-state index in [9.17, 15) is 9.59 Å². The number of anilines is 2. The number of rotatable bonds is 3. The Morgan fingerprint density at radius 1 is 1.16 bits per heavy atom. The summed E-state index contributed by atoms with van der Waals surface area (Å²) in [5.74, 6) is 0.714. The molecule has 2 aromatic rings. The summed E-state index contributed by atoms with van der Waals surface area (Å²) in [4.78, 5) is 26.5. The van der Waals surface area contributed by atoms with Crippen molar-refractivity contribution in [3.8, 4) is 11.5 Å². The van der Waals surface area contributed by atoms with Crippen molar-refractivity contribution in [1.29, 1.82) is 0 Å². The molecule has 6 heteroatoms. The smallest absolute Gasteiger partial charge is 0.231 e. The van der Waals surface area contributed by atoms with Crippen molar-refractivity contribution in [2.24, 2.45) is 5.92 Å². The second-order valence-corrected chi connectivity index (χ2v) is 6.30. The van der Waals surface area contributed by atoms with Gasteiger partial charge in [-0.25, -0.2) is 0 Å². The first-order chi connectivity index (χ1) is 12.1. The van der Waals surface area contributed by atoms with Crippen LogP contribution in [-0.2, 0) is 9.59 Å². The monoisotopic (exact) mass is 338 g/mol. The van der Waals surface area contributed by atoms with Crippen molar-refractivity contribution in [2.75, 3.05) is 23.6 Å². The highest BCUT2D eigenvalue weighted by molar-refractivity contribution is 6.03. The molecule has 1 unspecified atom stereocenters. The predicted molar refractivity (Wildman–Crippen MR) is 92.8 cm³/mol. The van der Waals surface area contributed by atoms with Gasteiger partial charge in [-0.2, -0.15) is 0 Å². The number of carbonyl (C=O) groups is 2. The van der Waals surface area contributed by atoms with Gasteiger partial charge in [0.2, 0.25) is 18.6 Å². The quantitative estimate of drug-likeness (QED) is 0.934. The van der Waals surface area contributed by atoms with Gasteiger partial charge in [-0.05, 0) is 36.8 Å². The van der Waals surface area contributed by atoms with Crippen LogP contribution >= 0.6 is 0 Å². The Hall–Kier alpha value is -3.02. The fourth-order valence-corrected chi connectivity index (χ4v) is 3.15. The van der Waals surface area contributed by atoms with Gasteiger partial charge in [-0.15, -0.1) is 0 Å². The van der Waals surface area contributed by atoms with Crippen molar-refractivity contribution in [3.05, 3.63) is 48.0 Å². The number of aryl methyl sites for hydroxylation is 1. The fraction of sp³-hybridized carbons (Fsp3) is 0.263. The maximum atomic E-state index is 12.5. The Labute approximate surface area is 145 Å². The zero-order valence-corrected chi connectivity index (χ0v) is 13.8. The number of fused-ring (bicyclic) bond motifs is 1. The van der Waals surface area contributed by atoms with E-state index in [1.54, 1.807) is 17.0 Å². The molecule has 1 saturated heterocycles. The van der Waals surface area contributed by atoms with E-state index >= 15 is 0 Å². The number of amides is 2. The topological polar surface area (TPSA) is 67.9 Å². The van der Waals surface area contributed by atoms with E-state index in [0.717, 1.165) is 16.9 Å². The van der Waals surface area contributed by atoms with Crippen molar-refractivity contribution >= 4 is 23.2 Å². The molecule has 2 amide bonds. The van der Waals surface area contributed by atoms with Gasteiger partial charge in [-0.1, -0.05) is 12.1 Å². The molecule has 2 aliphatic heterocycles. The van der Waals surface area contributed by atoms with Crippen LogP contribution in [0.1, 0.15) is 12.0 Å². The molecule has 0 radical (unpaired) electrons. The third kappa shape index (κ3) is 3.03. The molecule has 2 heterocycles. The predicted octanol–water partition coefficient (Wildman–Crippen LogP) is 2.72. The molecular weight excluding hydrogens is 320 g/mol. The standard InChI is InChI=1S/C19H18N2O4/c1-12-3-2-4-14(7-12)20-19(23)13-8-18(22)21(10-13)15-5-6-16-17(9-15)25-11-24-16/h2-7,9,13H,8,10-11H2,1H3,(H,20,23). The minimum absolute atomic E-state index is 0.0664. The Bertz CT molecular complexity index is 849. The molecule has 0 saturated carbocycles. The van der Waals surface area contributed by atoms with Crippen LogP contribution in [0.3, 0.4) is 0 Å². The Morgan fingerprint density at radius 3 is 2.84 bits per heavy atom. The highest BCUT2D eigenvalue weighted by Gasteiger charge is 2.35. The number of nitrogens with one attached hydrogen (secondary N) is 1. The average molecular weight is 338 g/mol. The van der Waals surface area contributed by atoms with Crippen LogP contribution in [0.15, 0.2) is 42.5 Å². The van der Waals surface area contributed by atoms with Gasteiger partial charge >= 0.3 is 0 Å². The summed E-state index contributed by atoms with van der Waals surface area (Å²) in [5, 5.41) is 2.90. The molecule has 1 atom stereocenters. The van der Waals surface area contributed by atoms with E-state index in [2.05, 4.69) is 5.32 Å². The van der Waals surface area contributed by atoms with Crippen LogP contribution in [0.25, 0.3) is 0 Å². The summed E-state index contributed by atoms with van der Waals surface area (Å²) in [6, 6.07) is 13.0. The lowest BCUT2D eigenvalue weighted by Crippen LogP contribution is -2.28. The Morgan fingerprint density at radius 2 is 2.00 bits per heavy atom. The molecule has 25 heavy (non-hydrogen) atoms. The lowest BCUT2D eigenvalue weighted by molar-refractivity contribution is -0.122. The van der Waals surface area contributed by atoms with E-state index in [0.29, 0.717) is 18.0 Å². The van der Waals surface area contributed by atoms with E-state index in [-0.39, 0.29) is 30.9 Å². The van der Waals surface area contributed by atoms with Crippen LogP contribution in [0.5, 0.6) is 11.5 Å². The second kappa shape index (κ2) is 6.12. The molecule has 0 spiro atoms. The number of carbonyl (C=O) groups excluding carboxylic acids is 2. The molecule has 6 nitrogen and oxygen atoms in total. The van der Waals surface area contributed by atoms with Crippen LogP contribution in [0.2, 0.25) is 0 Å². The molecule has 4 rings (SSSR count). The number of benzene rings is 2. The first-order valence-corrected chi connectivity index (χ1v) is 8.18. The molecule has 0 bridgehead atoms. The van der Waals surface area contributed by atoms with Crippen molar-refractivity contribution in [2.45, 2.75) is 13.3 Å². The fourth-order valence-electron chi connectivity index (χ4n) is 3.15. The third-order valence-electron chi connectivity index (χ3n) is 4.45. The summed E-state index contributed by atoms with van der Waals surface area (Å²) in [7, 11) is 0. The third-order valence-corrected chi connectivity index (χ3v) is 4.45.